The number of carbonyl (C=O) groups excluding carboxylic acids is 3. The lowest BCUT2D eigenvalue weighted by Crippen LogP contribution is -2.38. The number of benzene rings is 1. The summed E-state index contributed by atoms with van der Waals surface area (Å²) in [6, 6.07) is 5.21. The quantitative estimate of drug-likeness (QED) is 0.836. The maximum absolute atomic E-state index is 12.5. The molecule has 2 heterocycles. The van der Waals surface area contributed by atoms with E-state index in [1.165, 1.54) is 0 Å². The van der Waals surface area contributed by atoms with Crippen LogP contribution in [0.1, 0.15) is 51.3 Å². The predicted octanol–water partition coefficient (Wildman–Crippen LogP) is 3.06. The lowest BCUT2D eigenvalue weighted by atomic mass is 9.81. The maximum atomic E-state index is 12.5. The molecule has 1 N–H and O–H groups in total. The van der Waals surface area contributed by atoms with Crippen LogP contribution in [0.5, 0.6) is 0 Å². The average molecular weight is 369 g/mol. The number of fused-ring (bicyclic) bond motifs is 2. The van der Waals surface area contributed by atoms with Crippen LogP contribution < -0.4 is 5.32 Å². The molecule has 0 bridgehead atoms. The predicted molar refractivity (Wildman–Crippen MR) is 98.9 cm³/mol. The first-order valence-electron chi connectivity index (χ1n) is 9.49. The third-order valence-electron chi connectivity index (χ3n) is 5.42. The first-order valence-corrected chi connectivity index (χ1v) is 9.49. The fourth-order valence-corrected chi connectivity index (χ4v) is 4.00. The lowest BCUT2D eigenvalue weighted by molar-refractivity contribution is -0.142. The number of nitrogens with one attached hydrogen (secondary N) is 1. The Morgan fingerprint density at radius 1 is 1.22 bits per heavy atom. The number of anilines is 1. The second kappa shape index (κ2) is 6.79. The van der Waals surface area contributed by atoms with E-state index in [0.29, 0.717) is 22.7 Å². The van der Waals surface area contributed by atoms with Crippen LogP contribution in [0.4, 0.5) is 5.69 Å². The molecule has 2 aromatic rings. The Morgan fingerprint density at radius 3 is 2.52 bits per heavy atom. The average Bonchev–Trinajstić information content (AvgIpc) is 3.17. The molecule has 0 unspecified atom stereocenters. The maximum Gasteiger partial charge on any atom is 0.244 e. The molecule has 3 amide bonds. The number of likely N-dealkylation sites (tertiary alicyclic amines) is 1. The topological polar surface area (TPSA) is 92.5 Å². The number of imide groups is 1. The van der Waals surface area contributed by atoms with Gasteiger partial charge in [-0.25, -0.2) is 4.98 Å². The van der Waals surface area contributed by atoms with Gasteiger partial charge in [-0.05, 0) is 31.0 Å². The van der Waals surface area contributed by atoms with E-state index in [-0.39, 0.29) is 42.0 Å². The van der Waals surface area contributed by atoms with Crippen molar-refractivity contribution in [2.75, 3.05) is 11.9 Å². The molecule has 4 rings (SSSR count). The van der Waals surface area contributed by atoms with Crippen molar-refractivity contribution in [2.45, 2.75) is 45.4 Å². The lowest BCUT2D eigenvalue weighted by Gasteiger charge is -2.19. The highest BCUT2D eigenvalue weighted by Gasteiger charge is 2.48. The SMILES string of the molecule is CC(C)c1nc2cc(NC(=O)CN3C(=O)[C@H]4CCCC[C@@H]4C3=O)ccc2o1. The van der Waals surface area contributed by atoms with Crippen molar-refractivity contribution < 1.29 is 18.8 Å². The third-order valence-corrected chi connectivity index (χ3v) is 5.42. The zero-order valence-electron chi connectivity index (χ0n) is 15.5. The third kappa shape index (κ3) is 3.22. The molecule has 27 heavy (non-hydrogen) atoms. The van der Waals surface area contributed by atoms with Gasteiger partial charge in [0.2, 0.25) is 17.7 Å². The summed E-state index contributed by atoms with van der Waals surface area (Å²) in [6.07, 6.45) is 3.43. The number of hydrogen-bond donors (Lipinski definition) is 1. The van der Waals surface area contributed by atoms with Gasteiger partial charge in [-0.2, -0.15) is 0 Å². The van der Waals surface area contributed by atoms with E-state index in [0.717, 1.165) is 30.6 Å². The van der Waals surface area contributed by atoms with Crippen molar-refractivity contribution in [2.24, 2.45) is 11.8 Å². The minimum Gasteiger partial charge on any atom is -0.440 e. The summed E-state index contributed by atoms with van der Waals surface area (Å²) in [5.74, 6) is -0.445. The number of oxazole rings is 1. The molecule has 1 aromatic heterocycles. The zero-order valence-corrected chi connectivity index (χ0v) is 15.5. The summed E-state index contributed by atoms with van der Waals surface area (Å²) >= 11 is 0. The highest BCUT2D eigenvalue weighted by Crippen LogP contribution is 2.37. The highest BCUT2D eigenvalue weighted by atomic mass is 16.3. The largest absolute Gasteiger partial charge is 0.440 e. The van der Waals surface area contributed by atoms with Gasteiger partial charge >= 0.3 is 0 Å². The van der Waals surface area contributed by atoms with Crippen molar-refractivity contribution in [3.05, 3.63) is 24.1 Å². The summed E-state index contributed by atoms with van der Waals surface area (Å²) in [4.78, 5) is 42.9. The van der Waals surface area contributed by atoms with Crippen molar-refractivity contribution in [3.63, 3.8) is 0 Å². The van der Waals surface area contributed by atoms with E-state index in [4.69, 9.17) is 4.42 Å². The van der Waals surface area contributed by atoms with Crippen molar-refractivity contribution >= 4 is 34.5 Å². The summed E-state index contributed by atoms with van der Waals surface area (Å²) in [7, 11) is 0. The zero-order chi connectivity index (χ0) is 19.1. The summed E-state index contributed by atoms with van der Waals surface area (Å²) < 4.78 is 5.66. The summed E-state index contributed by atoms with van der Waals surface area (Å²) in [5, 5.41) is 2.76. The molecule has 2 aliphatic rings. The Bertz CT molecular complexity index is 893. The van der Waals surface area contributed by atoms with Crippen LogP contribution in [0.2, 0.25) is 0 Å². The second-order valence-corrected chi connectivity index (χ2v) is 7.70. The number of hydrogen-bond acceptors (Lipinski definition) is 5. The Morgan fingerprint density at radius 2 is 1.89 bits per heavy atom. The monoisotopic (exact) mass is 369 g/mol. The van der Waals surface area contributed by atoms with E-state index in [1.807, 2.05) is 13.8 Å². The fraction of sp³-hybridized carbons (Fsp3) is 0.500. The van der Waals surface area contributed by atoms with Crippen LogP contribution in [0, 0.1) is 11.8 Å². The first-order chi connectivity index (χ1) is 12.9. The molecule has 0 radical (unpaired) electrons. The molecule has 2 fully saturated rings. The standard InChI is InChI=1S/C20H23N3O4/c1-11(2)18-22-15-9-12(7-8-16(15)27-18)21-17(24)10-23-19(25)13-5-3-4-6-14(13)20(23)26/h7-9,11,13-14H,3-6,10H2,1-2H3,(H,21,24)/t13-,14-/m0/s1. The van der Waals surface area contributed by atoms with Gasteiger partial charge in [0.15, 0.2) is 11.5 Å². The minimum atomic E-state index is -0.387. The number of nitrogens with zero attached hydrogens (tertiary/aromatic N) is 2. The Labute approximate surface area is 157 Å². The molecule has 7 heteroatoms. The van der Waals surface area contributed by atoms with E-state index in [9.17, 15) is 14.4 Å². The van der Waals surface area contributed by atoms with E-state index in [1.54, 1.807) is 18.2 Å². The van der Waals surface area contributed by atoms with Crippen LogP contribution >= 0.6 is 0 Å². The fourth-order valence-electron chi connectivity index (χ4n) is 4.00. The van der Waals surface area contributed by atoms with Crippen LogP contribution in [0.3, 0.4) is 0 Å². The van der Waals surface area contributed by atoms with Crippen molar-refractivity contribution in [3.8, 4) is 0 Å². The van der Waals surface area contributed by atoms with Gasteiger partial charge in [0.1, 0.15) is 12.1 Å². The number of rotatable bonds is 4. The molecular weight excluding hydrogens is 346 g/mol. The van der Waals surface area contributed by atoms with Crippen LogP contribution in [0.15, 0.2) is 22.6 Å². The van der Waals surface area contributed by atoms with Gasteiger partial charge in [0, 0.05) is 11.6 Å². The first kappa shape index (κ1) is 17.7. The van der Waals surface area contributed by atoms with E-state index < -0.39 is 0 Å². The molecule has 0 spiro atoms. The summed E-state index contributed by atoms with van der Waals surface area (Å²) in [5.41, 5.74) is 1.88. The van der Waals surface area contributed by atoms with Crippen molar-refractivity contribution in [1.82, 2.24) is 9.88 Å². The number of aromatic nitrogens is 1. The molecular formula is C20H23N3O4. The second-order valence-electron chi connectivity index (χ2n) is 7.70. The van der Waals surface area contributed by atoms with Crippen LogP contribution in [0.25, 0.3) is 11.1 Å². The summed E-state index contributed by atoms with van der Waals surface area (Å²) in [6.45, 7) is 3.75. The smallest absolute Gasteiger partial charge is 0.244 e. The number of carbonyl (C=O) groups is 3. The van der Waals surface area contributed by atoms with Crippen LogP contribution in [-0.2, 0) is 14.4 Å². The highest BCUT2D eigenvalue weighted by molar-refractivity contribution is 6.08. The number of amides is 3. The van der Waals surface area contributed by atoms with Gasteiger partial charge in [-0.1, -0.05) is 26.7 Å². The Hall–Kier alpha value is -2.70. The molecule has 1 aliphatic carbocycles. The van der Waals surface area contributed by atoms with Crippen LogP contribution in [-0.4, -0.2) is 34.2 Å². The van der Waals surface area contributed by atoms with Gasteiger partial charge in [0.25, 0.3) is 0 Å². The molecule has 1 saturated carbocycles. The molecule has 2 atom stereocenters. The van der Waals surface area contributed by atoms with E-state index in [2.05, 4.69) is 10.3 Å². The van der Waals surface area contributed by atoms with E-state index >= 15 is 0 Å². The Kier molecular flexibility index (Phi) is 4.45. The normalized spacial score (nSPS) is 22.6. The molecule has 142 valence electrons. The van der Waals surface area contributed by atoms with Gasteiger partial charge in [-0.15, -0.1) is 0 Å². The van der Waals surface area contributed by atoms with Gasteiger partial charge < -0.3 is 9.73 Å². The minimum absolute atomic E-state index is 0.172. The Balaban J connectivity index is 1.45. The molecule has 7 nitrogen and oxygen atoms in total. The van der Waals surface area contributed by atoms with Crippen molar-refractivity contribution in [1.29, 1.82) is 0 Å². The molecule has 1 saturated heterocycles. The van der Waals surface area contributed by atoms with Gasteiger partial charge in [0.05, 0.1) is 11.8 Å². The molecule has 1 aliphatic heterocycles. The molecule has 1 aromatic carbocycles. The van der Waals surface area contributed by atoms with Gasteiger partial charge in [-0.3, -0.25) is 19.3 Å².